The fraction of sp³-hybridized carbons (Fsp3) is 0.238. The van der Waals surface area contributed by atoms with Gasteiger partial charge in [0.15, 0.2) is 0 Å². The Hall–Kier alpha value is -2.88. The minimum Gasteiger partial charge on any atom is -0.352 e. The first-order valence-electron chi connectivity index (χ1n) is 8.73. The lowest BCUT2D eigenvalue weighted by Gasteiger charge is -2.29. The Kier molecular flexibility index (Phi) is 4.34. The molecule has 3 aromatic rings. The standard InChI is InChI=1S/C21H22N4/c1-16-6-2-3-8-18(16)14-23-21-22-12-10-20(24-21)25-13-11-17-7-4-5-9-19(17)15-25/h2-10,12H,11,13-15H2,1H3,(H,22,23,24). The van der Waals surface area contributed by atoms with E-state index in [1.54, 1.807) is 0 Å². The molecule has 126 valence electrons. The van der Waals surface area contributed by atoms with Gasteiger partial charge >= 0.3 is 0 Å². The van der Waals surface area contributed by atoms with E-state index in [-0.39, 0.29) is 0 Å². The molecule has 1 aliphatic rings. The average molecular weight is 330 g/mol. The van der Waals surface area contributed by atoms with Crippen molar-refractivity contribution in [2.75, 3.05) is 16.8 Å². The van der Waals surface area contributed by atoms with Crippen molar-refractivity contribution >= 4 is 11.8 Å². The van der Waals surface area contributed by atoms with E-state index < -0.39 is 0 Å². The Morgan fingerprint density at radius 2 is 1.80 bits per heavy atom. The van der Waals surface area contributed by atoms with Crippen LogP contribution in [0.5, 0.6) is 0 Å². The molecule has 0 bridgehead atoms. The van der Waals surface area contributed by atoms with Gasteiger partial charge in [0.1, 0.15) is 5.82 Å². The highest BCUT2D eigenvalue weighted by Crippen LogP contribution is 2.23. The van der Waals surface area contributed by atoms with Crippen LogP contribution in [0.25, 0.3) is 0 Å². The van der Waals surface area contributed by atoms with Crippen LogP contribution >= 0.6 is 0 Å². The Labute approximate surface area is 148 Å². The van der Waals surface area contributed by atoms with Gasteiger partial charge in [-0.1, -0.05) is 48.5 Å². The van der Waals surface area contributed by atoms with Gasteiger partial charge < -0.3 is 10.2 Å². The molecule has 0 atom stereocenters. The number of fused-ring (bicyclic) bond motifs is 1. The first kappa shape index (κ1) is 15.6. The van der Waals surface area contributed by atoms with Crippen LogP contribution < -0.4 is 10.2 Å². The van der Waals surface area contributed by atoms with Gasteiger partial charge in [0.05, 0.1) is 0 Å². The van der Waals surface area contributed by atoms with Crippen molar-refractivity contribution in [2.24, 2.45) is 0 Å². The average Bonchev–Trinajstić information content (AvgIpc) is 2.67. The third-order valence-corrected chi connectivity index (χ3v) is 4.79. The molecule has 0 radical (unpaired) electrons. The molecule has 2 aromatic carbocycles. The van der Waals surface area contributed by atoms with Crippen LogP contribution in [0.3, 0.4) is 0 Å². The number of nitrogens with one attached hydrogen (secondary N) is 1. The molecule has 1 N–H and O–H groups in total. The Balaban J connectivity index is 1.48. The second-order valence-corrected chi connectivity index (χ2v) is 6.46. The molecule has 0 aliphatic carbocycles. The number of aromatic nitrogens is 2. The monoisotopic (exact) mass is 330 g/mol. The van der Waals surface area contributed by atoms with Crippen LogP contribution in [-0.4, -0.2) is 16.5 Å². The highest BCUT2D eigenvalue weighted by Gasteiger charge is 2.17. The molecule has 1 aliphatic heterocycles. The minimum atomic E-state index is 0.680. The summed E-state index contributed by atoms with van der Waals surface area (Å²) >= 11 is 0. The summed E-state index contributed by atoms with van der Waals surface area (Å²) in [6.45, 7) is 4.76. The number of hydrogen-bond acceptors (Lipinski definition) is 4. The molecule has 0 unspecified atom stereocenters. The van der Waals surface area contributed by atoms with Gasteiger partial charge in [-0.25, -0.2) is 4.98 Å². The quantitative estimate of drug-likeness (QED) is 0.786. The molecule has 1 aromatic heterocycles. The minimum absolute atomic E-state index is 0.680. The third-order valence-electron chi connectivity index (χ3n) is 4.79. The summed E-state index contributed by atoms with van der Waals surface area (Å²) in [5, 5.41) is 3.35. The largest absolute Gasteiger partial charge is 0.352 e. The second kappa shape index (κ2) is 6.93. The summed E-state index contributed by atoms with van der Waals surface area (Å²) < 4.78 is 0. The van der Waals surface area contributed by atoms with Crippen molar-refractivity contribution in [3.63, 3.8) is 0 Å². The van der Waals surface area contributed by atoms with Crippen molar-refractivity contribution in [1.29, 1.82) is 0 Å². The predicted molar refractivity (Wildman–Crippen MR) is 102 cm³/mol. The lowest BCUT2D eigenvalue weighted by molar-refractivity contribution is 0.719. The first-order valence-corrected chi connectivity index (χ1v) is 8.73. The van der Waals surface area contributed by atoms with Crippen molar-refractivity contribution in [3.8, 4) is 0 Å². The van der Waals surface area contributed by atoms with Crippen LogP contribution in [-0.2, 0) is 19.5 Å². The zero-order valence-corrected chi connectivity index (χ0v) is 14.4. The number of rotatable bonds is 4. The summed E-state index contributed by atoms with van der Waals surface area (Å²) in [5.41, 5.74) is 5.38. The van der Waals surface area contributed by atoms with Crippen molar-refractivity contribution in [3.05, 3.63) is 83.0 Å². The highest BCUT2D eigenvalue weighted by atomic mass is 15.2. The van der Waals surface area contributed by atoms with Gasteiger partial charge in [0.2, 0.25) is 5.95 Å². The fourth-order valence-corrected chi connectivity index (χ4v) is 3.28. The predicted octanol–water partition coefficient (Wildman–Crippen LogP) is 3.96. The van der Waals surface area contributed by atoms with Gasteiger partial charge in [0, 0.05) is 25.8 Å². The summed E-state index contributed by atoms with van der Waals surface area (Å²) in [6.07, 6.45) is 2.90. The van der Waals surface area contributed by atoms with Gasteiger partial charge in [-0.05, 0) is 41.7 Å². The van der Waals surface area contributed by atoms with Gasteiger partial charge in [0.25, 0.3) is 0 Å². The number of benzene rings is 2. The van der Waals surface area contributed by atoms with E-state index in [0.717, 1.165) is 31.9 Å². The van der Waals surface area contributed by atoms with Gasteiger partial charge in [-0.2, -0.15) is 4.98 Å². The van der Waals surface area contributed by atoms with Crippen LogP contribution in [0.15, 0.2) is 60.8 Å². The number of nitrogens with zero attached hydrogens (tertiary/aromatic N) is 3. The Morgan fingerprint density at radius 1 is 1.00 bits per heavy atom. The van der Waals surface area contributed by atoms with E-state index in [2.05, 4.69) is 70.7 Å². The van der Waals surface area contributed by atoms with Crippen molar-refractivity contribution in [1.82, 2.24) is 9.97 Å². The lowest BCUT2D eigenvalue weighted by Crippen LogP contribution is -2.31. The molecule has 0 fully saturated rings. The fourth-order valence-electron chi connectivity index (χ4n) is 3.28. The Bertz CT molecular complexity index is 875. The van der Waals surface area contributed by atoms with E-state index in [4.69, 9.17) is 4.98 Å². The van der Waals surface area contributed by atoms with Crippen molar-refractivity contribution < 1.29 is 0 Å². The van der Waals surface area contributed by atoms with E-state index >= 15 is 0 Å². The zero-order valence-electron chi connectivity index (χ0n) is 14.4. The molecule has 4 heteroatoms. The summed E-state index contributed by atoms with van der Waals surface area (Å²) in [4.78, 5) is 11.4. The summed E-state index contributed by atoms with van der Waals surface area (Å²) in [7, 11) is 0. The maximum Gasteiger partial charge on any atom is 0.224 e. The van der Waals surface area contributed by atoms with Crippen molar-refractivity contribution in [2.45, 2.75) is 26.4 Å². The third kappa shape index (κ3) is 3.48. The number of hydrogen-bond donors (Lipinski definition) is 1. The second-order valence-electron chi connectivity index (χ2n) is 6.46. The molecular formula is C21H22N4. The van der Waals surface area contributed by atoms with Crippen LogP contribution in [0.1, 0.15) is 22.3 Å². The molecular weight excluding hydrogens is 308 g/mol. The topological polar surface area (TPSA) is 41.1 Å². The molecule has 4 rings (SSSR count). The molecule has 25 heavy (non-hydrogen) atoms. The highest BCUT2D eigenvalue weighted by molar-refractivity contribution is 5.46. The normalized spacial score (nSPS) is 13.4. The first-order chi connectivity index (χ1) is 12.3. The lowest BCUT2D eigenvalue weighted by atomic mass is 10.00. The van der Waals surface area contributed by atoms with Gasteiger partial charge in [-0.3, -0.25) is 0 Å². The van der Waals surface area contributed by atoms with E-state index in [1.807, 2.05) is 12.3 Å². The molecule has 0 saturated carbocycles. The summed E-state index contributed by atoms with van der Waals surface area (Å²) in [5.74, 6) is 1.66. The molecule has 0 saturated heterocycles. The van der Waals surface area contributed by atoms with Gasteiger partial charge in [-0.15, -0.1) is 0 Å². The SMILES string of the molecule is Cc1ccccc1CNc1nccc(N2CCc3ccccc3C2)n1. The molecule has 0 spiro atoms. The van der Waals surface area contributed by atoms with E-state index in [0.29, 0.717) is 5.95 Å². The molecule has 0 amide bonds. The maximum absolute atomic E-state index is 4.72. The smallest absolute Gasteiger partial charge is 0.224 e. The zero-order chi connectivity index (χ0) is 17.1. The summed E-state index contributed by atoms with van der Waals surface area (Å²) in [6, 6.07) is 19.0. The molecule has 4 nitrogen and oxygen atoms in total. The van der Waals surface area contributed by atoms with Crippen LogP contribution in [0, 0.1) is 6.92 Å². The molecule has 2 heterocycles. The number of anilines is 2. The van der Waals surface area contributed by atoms with Crippen LogP contribution in [0.4, 0.5) is 11.8 Å². The van der Waals surface area contributed by atoms with Crippen LogP contribution in [0.2, 0.25) is 0 Å². The van der Waals surface area contributed by atoms with E-state index in [9.17, 15) is 0 Å². The maximum atomic E-state index is 4.72. The van der Waals surface area contributed by atoms with E-state index in [1.165, 1.54) is 22.3 Å². The Morgan fingerprint density at radius 3 is 2.68 bits per heavy atom. The number of aryl methyl sites for hydroxylation is 1.